The minimum absolute atomic E-state index is 0.268. The van der Waals surface area contributed by atoms with E-state index >= 15 is 0 Å². The van der Waals surface area contributed by atoms with Gasteiger partial charge in [0.05, 0.1) is 12.8 Å². The Bertz CT molecular complexity index is 445. The summed E-state index contributed by atoms with van der Waals surface area (Å²) in [4.78, 5) is 2.32. The highest BCUT2D eigenvalue weighted by Gasteiger charge is 2.27. The molecule has 2 atom stereocenters. The highest BCUT2D eigenvalue weighted by atomic mass is 16.5. The van der Waals surface area contributed by atoms with Crippen molar-refractivity contribution in [2.75, 3.05) is 19.1 Å². The van der Waals surface area contributed by atoms with Crippen LogP contribution in [0, 0.1) is 13.8 Å². The van der Waals surface area contributed by atoms with E-state index < -0.39 is 0 Å². The topological polar surface area (TPSA) is 38.5 Å². The fraction of sp³-hybridized carbons (Fsp3) is 0.625. The van der Waals surface area contributed by atoms with Crippen molar-refractivity contribution in [2.45, 2.75) is 51.6 Å². The summed E-state index contributed by atoms with van der Waals surface area (Å²) in [6, 6.07) is 5.05. The Kier molecular flexibility index (Phi) is 4.35. The quantitative estimate of drug-likeness (QED) is 0.910. The molecule has 1 aromatic carbocycles. The summed E-state index contributed by atoms with van der Waals surface area (Å²) < 4.78 is 5.60. The molecule has 106 valence electrons. The van der Waals surface area contributed by atoms with Gasteiger partial charge in [0.2, 0.25) is 0 Å². The third-order valence-electron chi connectivity index (χ3n) is 4.26. The molecule has 2 rings (SSSR count). The van der Waals surface area contributed by atoms with Crippen LogP contribution in [-0.4, -0.2) is 26.2 Å². The number of likely N-dealkylation sites (N-methyl/N-ethyl adjacent to an activating group) is 1. The second-order valence-electron chi connectivity index (χ2n) is 5.76. The molecular formula is C16H26N2O. The van der Waals surface area contributed by atoms with E-state index in [1.165, 1.54) is 36.1 Å². The Morgan fingerprint density at radius 3 is 2.53 bits per heavy atom. The Labute approximate surface area is 116 Å². The Morgan fingerprint density at radius 1 is 1.21 bits per heavy atom. The van der Waals surface area contributed by atoms with Gasteiger partial charge < -0.3 is 15.4 Å². The highest BCUT2D eigenvalue weighted by molar-refractivity contribution is 5.63. The summed E-state index contributed by atoms with van der Waals surface area (Å²) in [7, 11) is 3.89. The smallest absolute Gasteiger partial charge is 0.145 e. The molecule has 1 fully saturated rings. The molecule has 0 radical (unpaired) electrons. The molecule has 2 N–H and O–H groups in total. The van der Waals surface area contributed by atoms with Gasteiger partial charge in [-0.05, 0) is 43.9 Å². The van der Waals surface area contributed by atoms with E-state index in [0.717, 1.165) is 12.2 Å². The first-order valence-corrected chi connectivity index (χ1v) is 7.18. The van der Waals surface area contributed by atoms with Crippen molar-refractivity contribution in [3.63, 3.8) is 0 Å². The first-order chi connectivity index (χ1) is 9.04. The lowest BCUT2D eigenvalue weighted by Crippen LogP contribution is -2.48. The zero-order valence-corrected chi connectivity index (χ0v) is 12.6. The maximum absolute atomic E-state index is 6.30. The van der Waals surface area contributed by atoms with Crippen molar-refractivity contribution >= 4 is 5.69 Å². The van der Waals surface area contributed by atoms with E-state index in [2.05, 4.69) is 37.9 Å². The minimum Gasteiger partial charge on any atom is -0.494 e. The summed E-state index contributed by atoms with van der Waals surface area (Å²) >= 11 is 0. The molecule has 0 aliphatic heterocycles. The van der Waals surface area contributed by atoms with Gasteiger partial charge >= 0.3 is 0 Å². The molecule has 0 heterocycles. The van der Waals surface area contributed by atoms with Gasteiger partial charge in [0.15, 0.2) is 0 Å². The molecule has 3 nitrogen and oxygen atoms in total. The van der Waals surface area contributed by atoms with Crippen molar-refractivity contribution < 1.29 is 4.74 Å². The number of hydrogen-bond acceptors (Lipinski definition) is 3. The lowest BCUT2D eigenvalue weighted by Gasteiger charge is -2.38. The van der Waals surface area contributed by atoms with Crippen LogP contribution in [0.15, 0.2) is 12.1 Å². The van der Waals surface area contributed by atoms with Crippen molar-refractivity contribution in [3.8, 4) is 5.75 Å². The van der Waals surface area contributed by atoms with Crippen LogP contribution in [0.5, 0.6) is 5.75 Å². The zero-order valence-electron chi connectivity index (χ0n) is 12.6. The molecule has 0 amide bonds. The largest absolute Gasteiger partial charge is 0.494 e. The summed E-state index contributed by atoms with van der Waals surface area (Å²) in [5, 5.41) is 0. The predicted octanol–water partition coefficient (Wildman–Crippen LogP) is 3.02. The van der Waals surface area contributed by atoms with Gasteiger partial charge in [-0.1, -0.05) is 18.9 Å². The van der Waals surface area contributed by atoms with Crippen molar-refractivity contribution in [2.24, 2.45) is 5.73 Å². The molecule has 1 aliphatic rings. The van der Waals surface area contributed by atoms with Crippen LogP contribution in [0.2, 0.25) is 0 Å². The van der Waals surface area contributed by atoms with Crippen LogP contribution in [0.1, 0.15) is 36.8 Å². The van der Waals surface area contributed by atoms with Gasteiger partial charge in [0.1, 0.15) is 5.75 Å². The lowest BCUT2D eigenvalue weighted by molar-refractivity contribution is 0.367. The molecular weight excluding hydrogens is 236 g/mol. The third-order valence-corrected chi connectivity index (χ3v) is 4.26. The summed E-state index contributed by atoms with van der Waals surface area (Å²) in [5.41, 5.74) is 9.93. The number of anilines is 1. The molecule has 2 unspecified atom stereocenters. The molecule has 1 aliphatic carbocycles. The summed E-state index contributed by atoms with van der Waals surface area (Å²) in [5.74, 6) is 0.978. The van der Waals surface area contributed by atoms with Gasteiger partial charge in [-0.3, -0.25) is 0 Å². The molecule has 0 saturated heterocycles. The number of nitrogens with two attached hydrogens (primary N) is 1. The molecule has 0 spiro atoms. The second-order valence-corrected chi connectivity index (χ2v) is 5.76. The number of hydrogen-bond donors (Lipinski definition) is 1. The Morgan fingerprint density at radius 2 is 1.89 bits per heavy atom. The second kappa shape index (κ2) is 5.83. The first-order valence-electron chi connectivity index (χ1n) is 7.18. The van der Waals surface area contributed by atoms with Gasteiger partial charge in [0, 0.05) is 19.1 Å². The molecule has 1 aromatic rings. The number of methoxy groups -OCH3 is 1. The number of rotatable bonds is 3. The number of benzene rings is 1. The van der Waals surface area contributed by atoms with E-state index in [1.54, 1.807) is 7.11 Å². The van der Waals surface area contributed by atoms with E-state index in [-0.39, 0.29) is 6.04 Å². The van der Waals surface area contributed by atoms with Gasteiger partial charge in [-0.25, -0.2) is 0 Å². The number of nitrogens with zero attached hydrogens (tertiary/aromatic N) is 1. The van der Waals surface area contributed by atoms with Crippen molar-refractivity contribution in [1.82, 2.24) is 0 Å². The van der Waals surface area contributed by atoms with Crippen LogP contribution in [0.25, 0.3) is 0 Å². The van der Waals surface area contributed by atoms with Crippen molar-refractivity contribution in [1.29, 1.82) is 0 Å². The molecule has 19 heavy (non-hydrogen) atoms. The lowest BCUT2D eigenvalue weighted by atomic mass is 9.89. The zero-order chi connectivity index (χ0) is 14.0. The predicted molar refractivity (Wildman–Crippen MR) is 81.1 cm³/mol. The maximum Gasteiger partial charge on any atom is 0.145 e. The molecule has 1 saturated carbocycles. The van der Waals surface area contributed by atoms with E-state index in [9.17, 15) is 0 Å². The van der Waals surface area contributed by atoms with E-state index in [0.29, 0.717) is 6.04 Å². The average molecular weight is 262 g/mol. The van der Waals surface area contributed by atoms with Crippen LogP contribution in [0.4, 0.5) is 5.69 Å². The van der Waals surface area contributed by atoms with Crippen molar-refractivity contribution in [3.05, 3.63) is 23.3 Å². The minimum atomic E-state index is 0.268. The monoisotopic (exact) mass is 262 g/mol. The average Bonchev–Trinajstić information content (AvgIpc) is 2.37. The van der Waals surface area contributed by atoms with Gasteiger partial charge in [-0.2, -0.15) is 0 Å². The first kappa shape index (κ1) is 14.2. The third kappa shape index (κ3) is 2.86. The van der Waals surface area contributed by atoms with E-state index in [1.807, 2.05) is 0 Å². The fourth-order valence-corrected chi connectivity index (χ4v) is 3.26. The highest BCUT2D eigenvalue weighted by Crippen LogP contribution is 2.35. The molecule has 3 heteroatoms. The maximum atomic E-state index is 6.30. The Balaban J connectivity index is 2.34. The van der Waals surface area contributed by atoms with Gasteiger partial charge in [0.25, 0.3) is 0 Å². The SMILES string of the molecule is COc1c(C)cc(C)cc1N(C)C1CCCCC1N. The number of aryl methyl sites for hydroxylation is 2. The fourth-order valence-electron chi connectivity index (χ4n) is 3.26. The standard InChI is InChI=1S/C16H26N2O/c1-11-9-12(2)16(19-4)15(10-11)18(3)14-8-6-5-7-13(14)17/h9-10,13-14H,5-8,17H2,1-4H3. The van der Waals surface area contributed by atoms with Gasteiger partial charge in [-0.15, -0.1) is 0 Å². The van der Waals surface area contributed by atoms with Crippen LogP contribution in [-0.2, 0) is 0 Å². The molecule has 0 bridgehead atoms. The van der Waals surface area contributed by atoms with Crippen LogP contribution < -0.4 is 15.4 Å². The molecule has 0 aromatic heterocycles. The van der Waals surface area contributed by atoms with Crippen LogP contribution >= 0.6 is 0 Å². The Hall–Kier alpha value is -1.22. The summed E-state index contributed by atoms with van der Waals surface area (Å²) in [6.07, 6.45) is 4.83. The van der Waals surface area contributed by atoms with E-state index in [4.69, 9.17) is 10.5 Å². The number of ether oxygens (including phenoxy) is 1. The summed E-state index contributed by atoms with van der Waals surface area (Å²) in [6.45, 7) is 4.23. The van der Waals surface area contributed by atoms with Crippen LogP contribution in [0.3, 0.4) is 0 Å². The normalized spacial score (nSPS) is 23.2.